The number of aldehydes is 1. The Morgan fingerprint density at radius 3 is 2.53 bits per heavy atom. The molecular formula is C32H36FN7O2S. The van der Waals surface area contributed by atoms with Gasteiger partial charge in [0.2, 0.25) is 0 Å². The summed E-state index contributed by atoms with van der Waals surface area (Å²) in [6.45, 7) is 9.61. The van der Waals surface area contributed by atoms with E-state index >= 15 is 0 Å². The number of likely N-dealkylation sites (N-methyl/N-ethyl adjacent to an activating group) is 1. The van der Waals surface area contributed by atoms with Gasteiger partial charge in [0.1, 0.15) is 34.3 Å². The second kappa shape index (κ2) is 13.7. The number of pyridine rings is 1. The van der Waals surface area contributed by atoms with Gasteiger partial charge >= 0.3 is 0 Å². The highest BCUT2D eigenvalue weighted by atomic mass is 32.2. The summed E-state index contributed by atoms with van der Waals surface area (Å²) in [5, 5.41) is 3.52. The van der Waals surface area contributed by atoms with Crippen LogP contribution in [0.1, 0.15) is 50.3 Å². The maximum absolute atomic E-state index is 14.5. The van der Waals surface area contributed by atoms with Gasteiger partial charge in [-0.1, -0.05) is 31.2 Å². The highest BCUT2D eigenvalue weighted by Gasteiger charge is 2.24. The fourth-order valence-corrected chi connectivity index (χ4v) is 5.41. The number of rotatable bonds is 10. The van der Waals surface area contributed by atoms with Crippen LogP contribution in [-0.2, 0) is 11.0 Å². The van der Waals surface area contributed by atoms with Crippen LogP contribution < -0.4 is 14.9 Å². The van der Waals surface area contributed by atoms with Gasteiger partial charge in [0.25, 0.3) is 0 Å². The largest absolute Gasteiger partial charge is 0.359 e. The molecule has 0 bridgehead atoms. The van der Waals surface area contributed by atoms with Crippen molar-refractivity contribution in [3.05, 3.63) is 90.4 Å². The van der Waals surface area contributed by atoms with Gasteiger partial charge in [-0.2, -0.15) is 0 Å². The van der Waals surface area contributed by atoms with Gasteiger partial charge in [-0.05, 0) is 64.4 Å². The molecule has 4 rings (SSSR count). The van der Waals surface area contributed by atoms with Crippen LogP contribution in [0.4, 0.5) is 21.6 Å². The van der Waals surface area contributed by atoms with Crippen molar-refractivity contribution in [2.45, 2.75) is 57.5 Å². The first-order chi connectivity index (χ1) is 20.5. The maximum Gasteiger partial charge on any atom is 0.155 e. The molecule has 2 unspecified atom stereocenters. The van der Waals surface area contributed by atoms with Crippen molar-refractivity contribution in [3.63, 3.8) is 0 Å². The Morgan fingerprint density at radius 1 is 1.12 bits per heavy atom. The molecule has 2 N–H and O–H groups in total. The van der Waals surface area contributed by atoms with Gasteiger partial charge in [-0.25, -0.2) is 28.3 Å². The molecule has 43 heavy (non-hydrogen) atoms. The summed E-state index contributed by atoms with van der Waals surface area (Å²) in [6, 6.07) is 15.4. The van der Waals surface area contributed by atoms with Crippen LogP contribution in [0.25, 0.3) is 11.1 Å². The van der Waals surface area contributed by atoms with Crippen LogP contribution in [0.15, 0.2) is 83.1 Å². The molecule has 2 aromatic carbocycles. The van der Waals surface area contributed by atoms with Crippen LogP contribution in [0.5, 0.6) is 0 Å². The lowest BCUT2D eigenvalue weighted by molar-refractivity contribution is 0.112. The van der Waals surface area contributed by atoms with E-state index in [1.807, 2.05) is 70.0 Å². The average Bonchev–Trinajstić information content (AvgIpc) is 2.98. The Bertz CT molecular complexity index is 1640. The van der Waals surface area contributed by atoms with E-state index in [9.17, 15) is 13.4 Å². The van der Waals surface area contributed by atoms with Gasteiger partial charge < -0.3 is 10.2 Å². The first kappa shape index (κ1) is 31.6. The van der Waals surface area contributed by atoms with Crippen LogP contribution in [0, 0.1) is 12.7 Å². The Labute approximate surface area is 254 Å². The number of halogens is 1. The predicted molar refractivity (Wildman–Crippen MR) is 171 cm³/mol. The molecule has 11 heteroatoms. The van der Waals surface area contributed by atoms with Crippen molar-refractivity contribution in [2.24, 2.45) is 4.99 Å². The summed E-state index contributed by atoms with van der Waals surface area (Å²) >= 11 is 0. The predicted octanol–water partition coefficient (Wildman–Crippen LogP) is 6.27. The molecule has 0 aliphatic rings. The Morgan fingerprint density at radius 2 is 1.86 bits per heavy atom. The van der Waals surface area contributed by atoms with Crippen molar-refractivity contribution in [3.8, 4) is 11.1 Å². The number of anilines is 2. The van der Waals surface area contributed by atoms with E-state index in [1.54, 1.807) is 37.6 Å². The third-order valence-electron chi connectivity index (χ3n) is 6.45. The number of carbonyl (C=O) groups is 1. The molecule has 0 aliphatic carbocycles. The van der Waals surface area contributed by atoms with Gasteiger partial charge in [0.05, 0.1) is 22.2 Å². The van der Waals surface area contributed by atoms with Gasteiger partial charge in [0, 0.05) is 48.0 Å². The quantitative estimate of drug-likeness (QED) is 0.125. The van der Waals surface area contributed by atoms with E-state index < -0.39 is 22.8 Å². The van der Waals surface area contributed by atoms with Crippen molar-refractivity contribution < 1.29 is 13.4 Å². The normalized spacial score (nSPS) is 13.3. The molecule has 9 nitrogen and oxygen atoms in total. The topological polar surface area (TPSA) is 112 Å². The third kappa shape index (κ3) is 7.94. The molecule has 4 aromatic rings. The van der Waals surface area contributed by atoms with Crippen LogP contribution in [0.3, 0.4) is 0 Å². The van der Waals surface area contributed by atoms with Gasteiger partial charge in [0.15, 0.2) is 6.29 Å². The number of nitrogens with one attached hydrogen (secondary N) is 2. The van der Waals surface area contributed by atoms with Crippen LogP contribution >= 0.6 is 0 Å². The van der Waals surface area contributed by atoms with E-state index in [4.69, 9.17) is 9.98 Å². The maximum atomic E-state index is 14.5. The number of amidine groups is 1. The highest BCUT2D eigenvalue weighted by molar-refractivity contribution is 7.83. The second-order valence-electron chi connectivity index (χ2n) is 11.0. The van der Waals surface area contributed by atoms with E-state index in [0.29, 0.717) is 46.2 Å². The molecule has 2 atom stereocenters. The molecule has 0 spiro atoms. The summed E-state index contributed by atoms with van der Waals surface area (Å²) in [5.41, 5.74) is 1.94. The lowest BCUT2D eigenvalue weighted by Gasteiger charge is -2.29. The summed E-state index contributed by atoms with van der Waals surface area (Å²) < 4.78 is 30.6. The number of hydrogen-bond acceptors (Lipinski definition) is 7. The number of aryl methyl sites for hydroxylation is 1. The summed E-state index contributed by atoms with van der Waals surface area (Å²) in [6.07, 6.45) is 5.99. The molecule has 0 fully saturated rings. The number of aromatic nitrogens is 3. The zero-order valence-corrected chi connectivity index (χ0v) is 25.9. The lowest BCUT2D eigenvalue weighted by atomic mass is 10.1. The molecule has 2 aromatic heterocycles. The zero-order chi connectivity index (χ0) is 31.1. The zero-order valence-electron chi connectivity index (χ0n) is 25.1. The number of carbonyl (C=O) groups excluding carboxylic acids is 1. The first-order valence-electron chi connectivity index (χ1n) is 13.9. The average molecular weight is 602 g/mol. The second-order valence-corrected chi connectivity index (χ2v) is 12.2. The van der Waals surface area contributed by atoms with Crippen molar-refractivity contribution in [1.82, 2.24) is 19.7 Å². The number of benzene rings is 2. The molecule has 0 saturated carbocycles. The van der Waals surface area contributed by atoms with Crippen molar-refractivity contribution in [1.29, 1.82) is 0 Å². The highest BCUT2D eigenvalue weighted by Crippen LogP contribution is 2.29. The smallest absolute Gasteiger partial charge is 0.155 e. The third-order valence-corrected chi connectivity index (χ3v) is 7.90. The van der Waals surface area contributed by atoms with E-state index in [-0.39, 0.29) is 16.8 Å². The molecule has 2 heterocycles. The Hall–Kier alpha value is -4.35. The summed E-state index contributed by atoms with van der Waals surface area (Å²) in [5.74, 6) is 0.980. The fraction of sp³-hybridized carbons (Fsp3) is 0.281. The van der Waals surface area contributed by atoms with E-state index in [0.717, 1.165) is 5.69 Å². The molecule has 224 valence electrons. The molecule has 0 amide bonds. The minimum Gasteiger partial charge on any atom is -0.359 e. The van der Waals surface area contributed by atoms with Gasteiger partial charge in [-0.3, -0.25) is 9.78 Å². The SMILES string of the molecule is CCC(Nc1nc(C)ncc1-c1cncc(S(=O)NC(C)(C)C)c1)C(=Nc1cccc(F)c1C=O)N(C)c1ccccc1. The first-order valence-corrected chi connectivity index (χ1v) is 15.0. The minimum absolute atomic E-state index is 0.116. The Balaban J connectivity index is 1.80. The van der Waals surface area contributed by atoms with Crippen molar-refractivity contribution >= 4 is 40.3 Å². The summed E-state index contributed by atoms with van der Waals surface area (Å²) in [7, 11) is 0.389. The standard InChI is InChI=1S/C32H36FN7O2S/c1-7-28(31(40(6)23-12-9-8-10-13-23)38-29-15-11-14-27(33)26(29)20-41)37-30-25(19-35-21(2)36-30)22-16-24(18-34-17-22)43(42)39-32(3,4)5/h8-20,28,39H,7H2,1-6H3,(H,35,36,37). The molecule has 0 radical (unpaired) electrons. The molecular weight excluding hydrogens is 565 g/mol. The van der Waals surface area contributed by atoms with Crippen LogP contribution in [0.2, 0.25) is 0 Å². The fourth-order valence-electron chi connectivity index (χ4n) is 4.34. The Kier molecular flexibility index (Phi) is 10.1. The molecule has 0 aliphatic heterocycles. The minimum atomic E-state index is -1.48. The number of nitrogens with zero attached hydrogens (tertiary/aromatic N) is 5. The lowest BCUT2D eigenvalue weighted by Crippen LogP contribution is -2.41. The number of hydrogen-bond donors (Lipinski definition) is 2. The monoisotopic (exact) mass is 601 g/mol. The van der Waals surface area contributed by atoms with Crippen LogP contribution in [-0.4, -0.2) is 49.9 Å². The number of aliphatic imine (C=N–C) groups is 1. The van der Waals surface area contributed by atoms with E-state index in [2.05, 4.69) is 20.0 Å². The summed E-state index contributed by atoms with van der Waals surface area (Å²) in [4.78, 5) is 32.5. The van der Waals surface area contributed by atoms with E-state index in [1.165, 1.54) is 12.1 Å². The van der Waals surface area contributed by atoms with Crippen molar-refractivity contribution in [2.75, 3.05) is 17.3 Å². The number of para-hydroxylation sites is 1. The van der Waals surface area contributed by atoms with Gasteiger partial charge in [-0.15, -0.1) is 0 Å². The molecule has 0 saturated heterocycles.